The lowest BCUT2D eigenvalue weighted by molar-refractivity contribution is 0.618. The maximum absolute atomic E-state index is 13.1. The topological polar surface area (TPSA) is 78.3 Å². The quantitative estimate of drug-likeness (QED) is 0.772. The van der Waals surface area contributed by atoms with Gasteiger partial charge in [0.25, 0.3) is 5.82 Å². The molecule has 0 amide bonds. The minimum Gasteiger partial charge on any atom is -0.247 e. The van der Waals surface area contributed by atoms with Crippen molar-refractivity contribution in [3.8, 4) is 12.1 Å². The standard InChI is InChI=1S/C11H6FN5/c12-10-2-8(4-13)1-9(3-10)6-17-7-15-11(5-14)16-17/h1-3,7H,6H2. The van der Waals surface area contributed by atoms with E-state index in [9.17, 15) is 4.39 Å². The van der Waals surface area contributed by atoms with E-state index in [0.29, 0.717) is 5.56 Å². The molecule has 17 heavy (non-hydrogen) atoms. The molecular formula is C11H6FN5. The Kier molecular flexibility index (Phi) is 2.80. The lowest BCUT2D eigenvalue weighted by atomic mass is 10.1. The van der Waals surface area contributed by atoms with Crippen LogP contribution in [0.25, 0.3) is 0 Å². The molecule has 2 aromatic rings. The number of hydrogen-bond donors (Lipinski definition) is 0. The molecule has 0 fully saturated rings. The summed E-state index contributed by atoms with van der Waals surface area (Å²) in [7, 11) is 0. The van der Waals surface area contributed by atoms with Crippen molar-refractivity contribution >= 4 is 0 Å². The molecule has 0 unspecified atom stereocenters. The Bertz CT molecular complexity index is 632. The second-order valence-electron chi connectivity index (χ2n) is 3.34. The Morgan fingerprint density at radius 1 is 1.24 bits per heavy atom. The van der Waals surface area contributed by atoms with Crippen LogP contribution in [0.3, 0.4) is 0 Å². The predicted molar refractivity (Wildman–Crippen MR) is 55.0 cm³/mol. The van der Waals surface area contributed by atoms with Crippen molar-refractivity contribution in [2.75, 3.05) is 0 Å². The Hall–Kier alpha value is -2.73. The fourth-order valence-electron chi connectivity index (χ4n) is 1.42. The van der Waals surface area contributed by atoms with E-state index in [0.717, 1.165) is 6.07 Å². The normalized spacial score (nSPS) is 9.59. The number of rotatable bonds is 2. The Labute approximate surface area is 96.4 Å². The zero-order valence-corrected chi connectivity index (χ0v) is 8.63. The van der Waals surface area contributed by atoms with Crippen LogP contribution >= 0.6 is 0 Å². The smallest absolute Gasteiger partial charge is 0.247 e. The van der Waals surface area contributed by atoms with E-state index in [1.807, 2.05) is 6.07 Å². The molecule has 5 nitrogen and oxygen atoms in total. The van der Waals surface area contributed by atoms with Crippen molar-refractivity contribution in [2.24, 2.45) is 0 Å². The van der Waals surface area contributed by atoms with Crippen LogP contribution in [0.15, 0.2) is 24.5 Å². The predicted octanol–water partition coefficient (Wildman–Crippen LogP) is 1.21. The summed E-state index contributed by atoms with van der Waals surface area (Å²) in [5.41, 5.74) is 0.844. The summed E-state index contributed by atoms with van der Waals surface area (Å²) in [6.07, 6.45) is 1.38. The van der Waals surface area contributed by atoms with E-state index in [1.54, 1.807) is 12.1 Å². The molecule has 0 aliphatic heterocycles. The zero-order valence-electron chi connectivity index (χ0n) is 8.63. The van der Waals surface area contributed by atoms with Gasteiger partial charge in [-0.15, -0.1) is 5.10 Å². The molecule has 0 saturated heterocycles. The number of aromatic nitrogens is 3. The van der Waals surface area contributed by atoms with Gasteiger partial charge in [0.15, 0.2) is 0 Å². The summed E-state index contributed by atoms with van der Waals surface area (Å²) in [6.45, 7) is 0.265. The first kappa shape index (κ1) is 10.8. The molecule has 1 heterocycles. The number of nitriles is 2. The minimum atomic E-state index is -0.473. The van der Waals surface area contributed by atoms with E-state index in [4.69, 9.17) is 10.5 Å². The van der Waals surface area contributed by atoms with Crippen LogP contribution in [0.4, 0.5) is 4.39 Å². The van der Waals surface area contributed by atoms with Crippen molar-refractivity contribution in [2.45, 2.75) is 6.54 Å². The van der Waals surface area contributed by atoms with Gasteiger partial charge in [-0.05, 0) is 23.8 Å². The summed E-state index contributed by atoms with van der Waals surface area (Å²) < 4.78 is 14.6. The van der Waals surface area contributed by atoms with Gasteiger partial charge >= 0.3 is 0 Å². The molecule has 6 heteroatoms. The second kappa shape index (κ2) is 4.42. The Balaban J connectivity index is 2.27. The highest BCUT2D eigenvalue weighted by atomic mass is 19.1. The van der Waals surface area contributed by atoms with Crippen molar-refractivity contribution in [3.63, 3.8) is 0 Å². The van der Waals surface area contributed by atoms with Gasteiger partial charge in [0.1, 0.15) is 18.2 Å². The number of nitrogens with zero attached hydrogens (tertiary/aromatic N) is 5. The molecule has 1 aromatic carbocycles. The molecule has 2 rings (SSSR count). The van der Waals surface area contributed by atoms with E-state index in [1.165, 1.54) is 17.1 Å². The summed E-state index contributed by atoms with van der Waals surface area (Å²) in [4.78, 5) is 3.73. The monoisotopic (exact) mass is 227 g/mol. The van der Waals surface area contributed by atoms with Crippen molar-refractivity contribution in [3.05, 3.63) is 47.3 Å². The van der Waals surface area contributed by atoms with Gasteiger partial charge in [-0.3, -0.25) is 0 Å². The second-order valence-corrected chi connectivity index (χ2v) is 3.34. The third-order valence-corrected chi connectivity index (χ3v) is 2.07. The van der Waals surface area contributed by atoms with E-state index < -0.39 is 5.82 Å². The first-order chi connectivity index (χ1) is 8.21. The number of benzene rings is 1. The molecule has 82 valence electrons. The first-order valence-electron chi connectivity index (χ1n) is 4.70. The van der Waals surface area contributed by atoms with E-state index in [2.05, 4.69) is 10.1 Å². The molecule has 0 radical (unpaired) electrons. The molecule has 1 aromatic heterocycles. The van der Waals surface area contributed by atoms with Gasteiger partial charge in [0.2, 0.25) is 0 Å². The van der Waals surface area contributed by atoms with Crippen LogP contribution in [0.2, 0.25) is 0 Å². The van der Waals surface area contributed by atoms with Crippen LogP contribution in [-0.4, -0.2) is 14.8 Å². The lowest BCUT2D eigenvalue weighted by Gasteiger charge is -2.01. The maximum atomic E-state index is 13.1. The van der Waals surface area contributed by atoms with Crippen molar-refractivity contribution in [1.82, 2.24) is 14.8 Å². The summed E-state index contributed by atoms with van der Waals surface area (Å²) in [6, 6.07) is 7.71. The molecule has 0 bridgehead atoms. The zero-order chi connectivity index (χ0) is 12.3. The highest BCUT2D eigenvalue weighted by molar-refractivity contribution is 5.33. The average molecular weight is 227 g/mol. The maximum Gasteiger partial charge on any atom is 0.252 e. The van der Waals surface area contributed by atoms with Gasteiger partial charge in [0.05, 0.1) is 18.2 Å². The van der Waals surface area contributed by atoms with Gasteiger partial charge < -0.3 is 0 Å². The minimum absolute atomic E-state index is 0.0573. The third-order valence-electron chi connectivity index (χ3n) is 2.07. The lowest BCUT2D eigenvalue weighted by Crippen LogP contribution is -2.01. The highest BCUT2D eigenvalue weighted by Gasteiger charge is 2.03. The fourth-order valence-corrected chi connectivity index (χ4v) is 1.42. The molecule has 0 N–H and O–H groups in total. The van der Waals surface area contributed by atoms with Crippen LogP contribution < -0.4 is 0 Å². The molecule has 0 atom stereocenters. The SMILES string of the molecule is N#Cc1cc(F)cc(Cn2cnc(C#N)n2)c1. The average Bonchev–Trinajstić information content (AvgIpc) is 2.76. The van der Waals surface area contributed by atoms with Crippen LogP contribution in [0, 0.1) is 28.5 Å². The van der Waals surface area contributed by atoms with E-state index >= 15 is 0 Å². The molecule has 0 saturated carbocycles. The number of halogens is 1. The van der Waals surface area contributed by atoms with Gasteiger partial charge in [-0.1, -0.05) is 0 Å². The van der Waals surface area contributed by atoms with Crippen LogP contribution in [-0.2, 0) is 6.54 Å². The molecule has 0 aliphatic carbocycles. The molecule has 0 aliphatic rings. The molecular weight excluding hydrogens is 221 g/mol. The summed E-state index contributed by atoms with van der Waals surface area (Å²) in [5.74, 6) is -0.415. The highest BCUT2D eigenvalue weighted by Crippen LogP contribution is 2.09. The van der Waals surface area contributed by atoms with Crippen molar-refractivity contribution < 1.29 is 4.39 Å². The van der Waals surface area contributed by atoms with E-state index in [-0.39, 0.29) is 17.9 Å². The van der Waals surface area contributed by atoms with Crippen molar-refractivity contribution in [1.29, 1.82) is 10.5 Å². The largest absolute Gasteiger partial charge is 0.252 e. The Morgan fingerprint density at radius 3 is 2.71 bits per heavy atom. The van der Waals surface area contributed by atoms with Gasteiger partial charge in [-0.25, -0.2) is 14.1 Å². The molecule has 0 spiro atoms. The van der Waals surface area contributed by atoms with Crippen LogP contribution in [0.5, 0.6) is 0 Å². The first-order valence-corrected chi connectivity index (χ1v) is 4.70. The summed E-state index contributed by atoms with van der Waals surface area (Å²) in [5, 5.41) is 21.1. The van der Waals surface area contributed by atoms with Crippen LogP contribution in [0.1, 0.15) is 17.0 Å². The Morgan fingerprint density at radius 2 is 2.06 bits per heavy atom. The third kappa shape index (κ3) is 2.44. The number of hydrogen-bond acceptors (Lipinski definition) is 4. The van der Waals surface area contributed by atoms with Gasteiger partial charge in [-0.2, -0.15) is 10.5 Å². The van der Waals surface area contributed by atoms with Gasteiger partial charge in [0, 0.05) is 0 Å². The summed E-state index contributed by atoms with van der Waals surface area (Å²) >= 11 is 0. The fraction of sp³-hybridized carbons (Fsp3) is 0.0909.